The summed E-state index contributed by atoms with van der Waals surface area (Å²) in [5.41, 5.74) is 0. The minimum atomic E-state index is 0.204. The van der Waals surface area contributed by atoms with Gasteiger partial charge in [-0.05, 0) is 12.8 Å². The van der Waals surface area contributed by atoms with E-state index in [-0.39, 0.29) is 17.9 Å². The van der Waals surface area contributed by atoms with Crippen LogP contribution in [0.1, 0.15) is 39.5 Å². The second kappa shape index (κ2) is 6.02. The Balaban J connectivity index is 2.23. The van der Waals surface area contributed by atoms with Crippen molar-refractivity contribution >= 4 is 5.91 Å². The van der Waals surface area contributed by atoms with Gasteiger partial charge >= 0.3 is 0 Å². The van der Waals surface area contributed by atoms with E-state index in [0.29, 0.717) is 13.2 Å². The molecule has 1 atom stereocenters. The Morgan fingerprint density at radius 2 is 2.21 bits per heavy atom. The number of carbonyl (C=O) groups is 1. The molecule has 0 aromatic carbocycles. The van der Waals surface area contributed by atoms with Crippen LogP contribution in [0.5, 0.6) is 0 Å². The highest BCUT2D eigenvalue weighted by molar-refractivity contribution is 5.78. The number of amides is 1. The van der Waals surface area contributed by atoms with E-state index in [1.54, 1.807) is 0 Å². The number of ether oxygens (including phenoxy) is 1. The lowest BCUT2D eigenvalue weighted by Gasteiger charge is -2.28. The molecule has 1 fully saturated rings. The summed E-state index contributed by atoms with van der Waals surface area (Å²) in [6.45, 7) is 5.62. The first kappa shape index (κ1) is 11.5. The van der Waals surface area contributed by atoms with Crippen molar-refractivity contribution in [2.24, 2.45) is 5.92 Å². The highest BCUT2D eigenvalue weighted by Gasteiger charge is 2.23. The number of hydrogen-bond donors (Lipinski definition) is 1. The van der Waals surface area contributed by atoms with E-state index in [9.17, 15) is 4.79 Å². The number of nitrogens with one attached hydrogen (secondary N) is 1. The van der Waals surface area contributed by atoms with Crippen molar-refractivity contribution in [1.29, 1.82) is 0 Å². The van der Waals surface area contributed by atoms with E-state index in [1.165, 1.54) is 0 Å². The monoisotopic (exact) mass is 199 g/mol. The molecule has 14 heavy (non-hydrogen) atoms. The quantitative estimate of drug-likeness (QED) is 0.707. The van der Waals surface area contributed by atoms with Crippen molar-refractivity contribution < 1.29 is 9.53 Å². The fourth-order valence-electron chi connectivity index (χ4n) is 1.61. The zero-order chi connectivity index (χ0) is 10.4. The van der Waals surface area contributed by atoms with Crippen molar-refractivity contribution in [2.75, 3.05) is 13.2 Å². The fraction of sp³-hybridized carbons (Fsp3) is 0.909. The van der Waals surface area contributed by atoms with Crippen LogP contribution in [0, 0.1) is 5.92 Å². The van der Waals surface area contributed by atoms with Gasteiger partial charge in [-0.2, -0.15) is 0 Å². The summed E-state index contributed by atoms with van der Waals surface area (Å²) >= 11 is 0. The van der Waals surface area contributed by atoms with E-state index >= 15 is 0 Å². The maximum absolute atomic E-state index is 11.7. The normalized spacial score (nSPS) is 18.7. The minimum absolute atomic E-state index is 0.204. The number of rotatable bonds is 6. The smallest absolute Gasteiger partial charge is 0.223 e. The number of hydrogen-bond acceptors (Lipinski definition) is 2. The van der Waals surface area contributed by atoms with Gasteiger partial charge in [-0.3, -0.25) is 4.79 Å². The molecule has 0 spiro atoms. The van der Waals surface area contributed by atoms with Gasteiger partial charge in [0.2, 0.25) is 5.91 Å². The molecule has 0 aromatic heterocycles. The molecule has 0 radical (unpaired) electrons. The van der Waals surface area contributed by atoms with Gasteiger partial charge in [-0.15, -0.1) is 0 Å². The first-order valence-electron chi connectivity index (χ1n) is 5.66. The molecular formula is C11H21NO2. The molecule has 1 aliphatic heterocycles. The molecule has 1 amide bonds. The van der Waals surface area contributed by atoms with Gasteiger partial charge in [0, 0.05) is 5.92 Å². The number of carbonyl (C=O) groups excluding carboxylic acids is 1. The van der Waals surface area contributed by atoms with E-state index < -0.39 is 0 Å². The Labute approximate surface area is 86.2 Å². The molecule has 1 rings (SSSR count). The molecule has 1 aliphatic rings. The zero-order valence-electron chi connectivity index (χ0n) is 9.21. The van der Waals surface area contributed by atoms with Crippen molar-refractivity contribution in [3.8, 4) is 0 Å². The largest absolute Gasteiger partial charge is 0.377 e. The molecule has 0 aliphatic carbocycles. The topological polar surface area (TPSA) is 38.3 Å². The third-order valence-corrected chi connectivity index (χ3v) is 2.75. The first-order chi connectivity index (χ1) is 6.77. The van der Waals surface area contributed by atoms with E-state index in [2.05, 4.69) is 19.2 Å². The van der Waals surface area contributed by atoms with Crippen LogP contribution in [0.4, 0.5) is 0 Å². The van der Waals surface area contributed by atoms with Crippen LogP contribution >= 0.6 is 0 Å². The molecule has 1 unspecified atom stereocenters. The molecule has 1 N–H and O–H groups in total. The Morgan fingerprint density at radius 1 is 1.50 bits per heavy atom. The lowest BCUT2D eigenvalue weighted by atomic mass is 9.98. The zero-order valence-corrected chi connectivity index (χ0v) is 9.21. The Hall–Kier alpha value is -0.570. The van der Waals surface area contributed by atoms with Crippen LogP contribution in [0.25, 0.3) is 0 Å². The molecule has 1 saturated heterocycles. The second-order valence-electron chi connectivity index (χ2n) is 3.99. The van der Waals surface area contributed by atoms with Crippen molar-refractivity contribution in [3.05, 3.63) is 0 Å². The summed E-state index contributed by atoms with van der Waals surface area (Å²) in [7, 11) is 0. The molecule has 3 nitrogen and oxygen atoms in total. The van der Waals surface area contributed by atoms with Gasteiger partial charge < -0.3 is 10.1 Å². The predicted octanol–water partition coefficient (Wildman–Crippen LogP) is 1.72. The average Bonchev–Trinajstić information content (AvgIpc) is 2.13. The molecule has 82 valence electrons. The number of unbranched alkanes of at least 4 members (excludes halogenated alkanes) is 1. The molecule has 0 aromatic rings. The third-order valence-electron chi connectivity index (χ3n) is 2.75. The Morgan fingerprint density at radius 3 is 2.64 bits per heavy atom. The summed E-state index contributed by atoms with van der Waals surface area (Å²) < 4.78 is 5.02. The maximum atomic E-state index is 11.7. The fourth-order valence-corrected chi connectivity index (χ4v) is 1.61. The third kappa shape index (κ3) is 3.29. The Bertz CT molecular complexity index is 178. The summed E-state index contributed by atoms with van der Waals surface area (Å²) in [4.78, 5) is 11.7. The minimum Gasteiger partial charge on any atom is -0.377 e. The van der Waals surface area contributed by atoms with Crippen LogP contribution in [0.15, 0.2) is 0 Å². The highest BCUT2D eigenvalue weighted by atomic mass is 16.5. The van der Waals surface area contributed by atoms with Crippen LogP contribution in [-0.4, -0.2) is 25.2 Å². The van der Waals surface area contributed by atoms with Gasteiger partial charge in [0.15, 0.2) is 0 Å². The van der Waals surface area contributed by atoms with Gasteiger partial charge in [0.25, 0.3) is 0 Å². The maximum Gasteiger partial charge on any atom is 0.223 e. The summed E-state index contributed by atoms with van der Waals surface area (Å²) in [6.07, 6.45) is 4.27. The second-order valence-corrected chi connectivity index (χ2v) is 3.99. The van der Waals surface area contributed by atoms with Gasteiger partial charge in [-0.1, -0.05) is 26.7 Å². The SMILES string of the molecule is CCCCC(CC)C(=O)NC1COC1. The van der Waals surface area contributed by atoms with Gasteiger partial charge in [0.1, 0.15) is 0 Å². The standard InChI is InChI=1S/C11H21NO2/c1-3-5-6-9(4-2)11(13)12-10-7-14-8-10/h9-10H,3-8H2,1-2H3,(H,12,13). The summed E-state index contributed by atoms with van der Waals surface area (Å²) in [5.74, 6) is 0.421. The van der Waals surface area contributed by atoms with Gasteiger partial charge in [0.05, 0.1) is 19.3 Å². The lowest BCUT2D eigenvalue weighted by molar-refractivity contribution is -0.129. The van der Waals surface area contributed by atoms with E-state index in [4.69, 9.17) is 4.74 Å². The van der Waals surface area contributed by atoms with Crippen LogP contribution in [-0.2, 0) is 9.53 Å². The molecule has 0 saturated carbocycles. The molecule has 0 bridgehead atoms. The lowest BCUT2D eigenvalue weighted by Crippen LogP contribution is -2.50. The molecule has 3 heteroatoms. The van der Waals surface area contributed by atoms with Crippen LogP contribution in [0.3, 0.4) is 0 Å². The first-order valence-corrected chi connectivity index (χ1v) is 5.66. The van der Waals surface area contributed by atoms with Crippen LogP contribution < -0.4 is 5.32 Å². The van der Waals surface area contributed by atoms with Crippen molar-refractivity contribution in [3.63, 3.8) is 0 Å². The Kier molecular flexibility index (Phi) is 4.94. The molecular weight excluding hydrogens is 178 g/mol. The van der Waals surface area contributed by atoms with Gasteiger partial charge in [-0.25, -0.2) is 0 Å². The van der Waals surface area contributed by atoms with Crippen molar-refractivity contribution in [2.45, 2.75) is 45.6 Å². The van der Waals surface area contributed by atoms with Crippen LogP contribution in [0.2, 0.25) is 0 Å². The predicted molar refractivity (Wildman–Crippen MR) is 56.1 cm³/mol. The summed E-state index contributed by atoms with van der Waals surface area (Å²) in [5, 5.41) is 3.01. The molecule has 1 heterocycles. The average molecular weight is 199 g/mol. The van der Waals surface area contributed by atoms with E-state index in [1.807, 2.05) is 0 Å². The van der Waals surface area contributed by atoms with E-state index in [0.717, 1.165) is 25.7 Å². The van der Waals surface area contributed by atoms with Crippen molar-refractivity contribution in [1.82, 2.24) is 5.32 Å². The summed E-state index contributed by atoms with van der Waals surface area (Å²) in [6, 6.07) is 0.276. The highest BCUT2D eigenvalue weighted by Crippen LogP contribution is 2.13.